The molecule has 7 nitrogen and oxygen atoms in total. The largest absolute Gasteiger partial charge is 0.369 e. The highest BCUT2D eigenvalue weighted by atomic mass is 16.1. The van der Waals surface area contributed by atoms with E-state index in [1.165, 1.54) is 6.20 Å². The number of anilines is 2. The van der Waals surface area contributed by atoms with E-state index in [0.717, 1.165) is 13.0 Å². The Hall–Kier alpha value is -2.44. The molecule has 0 saturated carbocycles. The maximum Gasteiger partial charge on any atom is 0.275 e. The van der Waals surface area contributed by atoms with Crippen molar-refractivity contribution in [2.75, 3.05) is 17.2 Å². The monoisotopic (exact) mass is 260 g/mol. The summed E-state index contributed by atoms with van der Waals surface area (Å²) >= 11 is 0. The first kappa shape index (κ1) is 13.0. The van der Waals surface area contributed by atoms with Crippen LogP contribution in [-0.4, -0.2) is 32.2 Å². The molecule has 0 bridgehead atoms. The summed E-state index contributed by atoms with van der Waals surface area (Å²) in [6, 6.07) is 0. The van der Waals surface area contributed by atoms with E-state index in [1.807, 2.05) is 0 Å². The van der Waals surface area contributed by atoms with Crippen LogP contribution in [0.4, 0.5) is 11.5 Å². The lowest BCUT2D eigenvalue weighted by Crippen LogP contribution is -2.14. The van der Waals surface area contributed by atoms with E-state index in [-0.39, 0.29) is 11.6 Å². The molecule has 7 heteroatoms. The molecule has 0 fully saturated rings. The van der Waals surface area contributed by atoms with Gasteiger partial charge in [-0.25, -0.2) is 9.97 Å². The molecule has 2 aromatic rings. The third kappa shape index (κ3) is 3.51. The number of aromatic nitrogens is 4. The maximum atomic E-state index is 11.9. The first-order chi connectivity index (χ1) is 9.19. The fraction of sp³-hybridized carbons (Fsp3) is 0.333. The molecule has 2 rings (SSSR count). The summed E-state index contributed by atoms with van der Waals surface area (Å²) in [5, 5.41) is 9.76. The van der Waals surface area contributed by atoms with Crippen LogP contribution >= 0.6 is 0 Å². The van der Waals surface area contributed by atoms with Gasteiger partial charge >= 0.3 is 0 Å². The molecule has 19 heavy (non-hydrogen) atoms. The molecule has 0 unspecified atom stereocenters. The summed E-state index contributed by atoms with van der Waals surface area (Å²) in [4.78, 5) is 20.1. The van der Waals surface area contributed by atoms with Crippen LogP contribution in [0, 0.1) is 0 Å². The van der Waals surface area contributed by atoms with Gasteiger partial charge in [0.05, 0.1) is 24.3 Å². The first-order valence-electron chi connectivity index (χ1n) is 6.05. The van der Waals surface area contributed by atoms with E-state index < -0.39 is 0 Å². The van der Waals surface area contributed by atoms with Crippen molar-refractivity contribution in [3.63, 3.8) is 0 Å². The fourth-order valence-electron chi connectivity index (χ4n) is 1.47. The number of carbonyl (C=O) groups is 1. The second-order valence-electron chi connectivity index (χ2n) is 4.07. The Labute approximate surface area is 111 Å². The van der Waals surface area contributed by atoms with Gasteiger partial charge in [-0.05, 0) is 6.42 Å². The van der Waals surface area contributed by atoms with E-state index >= 15 is 0 Å². The Morgan fingerprint density at radius 3 is 2.74 bits per heavy atom. The third-order valence-corrected chi connectivity index (χ3v) is 2.40. The predicted octanol–water partition coefficient (Wildman–Crippen LogP) is 1.28. The zero-order chi connectivity index (χ0) is 13.7. The smallest absolute Gasteiger partial charge is 0.275 e. The molecule has 0 atom stereocenters. The molecule has 0 saturated heterocycles. The molecule has 100 valence electrons. The number of amides is 1. The number of aryl methyl sites for hydroxylation is 1. The Morgan fingerprint density at radius 1 is 1.32 bits per heavy atom. The third-order valence-electron chi connectivity index (χ3n) is 2.40. The van der Waals surface area contributed by atoms with Crippen LogP contribution in [-0.2, 0) is 7.05 Å². The van der Waals surface area contributed by atoms with Gasteiger partial charge in [0.15, 0.2) is 0 Å². The Bertz CT molecular complexity index is 548. The van der Waals surface area contributed by atoms with Crippen molar-refractivity contribution >= 4 is 17.4 Å². The Kier molecular flexibility index (Phi) is 4.07. The average Bonchev–Trinajstić information content (AvgIpc) is 2.82. The molecule has 0 aliphatic carbocycles. The van der Waals surface area contributed by atoms with Gasteiger partial charge in [-0.3, -0.25) is 9.48 Å². The van der Waals surface area contributed by atoms with Crippen LogP contribution in [0.3, 0.4) is 0 Å². The lowest BCUT2D eigenvalue weighted by molar-refractivity contribution is 0.102. The molecule has 0 radical (unpaired) electrons. The van der Waals surface area contributed by atoms with E-state index in [2.05, 4.69) is 32.6 Å². The number of hydrogen-bond acceptors (Lipinski definition) is 5. The summed E-state index contributed by atoms with van der Waals surface area (Å²) in [6.07, 6.45) is 7.29. The number of nitrogens with one attached hydrogen (secondary N) is 2. The van der Waals surface area contributed by atoms with Gasteiger partial charge in [-0.15, -0.1) is 0 Å². The van der Waals surface area contributed by atoms with Gasteiger partial charge in [0.25, 0.3) is 5.91 Å². The topological polar surface area (TPSA) is 84.7 Å². The van der Waals surface area contributed by atoms with Crippen LogP contribution in [0.15, 0.2) is 24.8 Å². The molecule has 0 aromatic carbocycles. The molecular weight excluding hydrogens is 244 g/mol. The Morgan fingerprint density at radius 2 is 2.16 bits per heavy atom. The van der Waals surface area contributed by atoms with Crippen molar-refractivity contribution in [2.24, 2.45) is 7.05 Å². The standard InChI is InChI=1S/C12H16N6O/c1-3-4-13-11-7-14-10(6-15-11)12(19)17-9-5-16-18(2)8-9/h5-8H,3-4H2,1-2H3,(H,13,15)(H,17,19). The van der Waals surface area contributed by atoms with Gasteiger partial charge in [0.2, 0.25) is 0 Å². The van der Waals surface area contributed by atoms with Crippen LogP contribution in [0.2, 0.25) is 0 Å². The fourth-order valence-corrected chi connectivity index (χ4v) is 1.47. The highest BCUT2D eigenvalue weighted by Gasteiger charge is 2.09. The van der Waals surface area contributed by atoms with Crippen molar-refractivity contribution in [1.29, 1.82) is 0 Å². The lowest BCUT2D eigenvalue weighted by Gasteiger charge is -2.04. The minimum Gasteiger partial charge on any atom is -0.369 e. The molecule has 2 heterocycles. The van der Waals surface area contributed by atoms with Crippen molar-refractivity contribution in [3.05, 3.63) is 30.5 Å². The highest BCUT2D eigenvalue weighted by molar-refractivity contribution is 6.02. The molecule has 1 amide bonds. The second kappa shape index (κ2) is 5.94. The zero-order valence-corrected chi connectivity index (χ0v) is 10.9. The van der Waals surface area contributed by atoms with E-state index in [9.17, 15) is 4.79 Å². The maximum absolute atomic E-state index is 11.9. The SMILES string of the molecule is CCCNc1cnc(C(=O)Nc2cnn(C)c2)cn1. The zero-order valence-electron chi connectivity index (χ0n) is 10.9. The number of rotatable bonds is 5. The van der Waals surface area contributed by atoms with Crippen LogP contribution in [0.1, 0.15) is 23.8 Å². The van der Waals surface area contributed by atoms with E-state index in [1.54, 1.807) is 30.3 Å². The van der Waals surface area contributed by atoms with E-state index in [0.29, 0.717) is 11.5 Å². The van der Waals surface area contributed by atoms with Gasteiger partial charge in [0, 0.05) is 19.8 Å². The number of hydrogen-bond donors (Lipinski definition) is 2. The quantitative estimate of drug-likeness (QED) is 0.846. The minimum absolute atomic E-state index is 0.269. The average molecular weight is 260 g/mol. The highest BCUT2D eigenvalue weighted by Crippen LogP contribution is 2.07. The van der Waals surface area contributed by atoms with Crippen molar-refractivity contribution < 1.29 is 4.79 Å². The molecule has 2 N–H and O–H groups in total. The van der Waals surface area contributed by atoms with Crippen LogP contribution in [0.25, 0.3) is 0 Å². The summed E-state index contributed by atoms with van der Waals surface area (Å²) in [5.41, 5.74) is 0.897. The van der Waals surface area contributed by atoms with Crippen LogP contribution < -0.4 is 10.6 Å². The van der Waals surface area contributed by atoms with Crippen molar-refractivity contribution in [1.82, 2.24) is 19.7 Å². The number of carbonyl (C=O) groups excluding carboxylic acids is 1. The molecule has 2 aromatic heterocycles. The van der Waals surface area contributed by atoms with Gasteiger partial charge < -0.3 is 10.6 Å². The Balaban J connectivity index is 1.99. The van der Waals surface area contributed by atoms with Gasteiger partial charge in [0.1, 0.15) is 11.5 Å². The minimum atomic E-state index is -0.303. The summed E-state index contributed by atoms with van der Waals surface area (Å²) in [5.74, 6) is 0.363. The van der Waals surface area contributed by atoms with Crippen LogP contribution in [0.5, 0.6) is 0 Å². The van der Waals surface area contributed by atoms with Crippen molar-refractivity contribution in [2.45, 2.75) is 13.3 Å². The molecule has 0 spiro atoms. The van der Waals surface area contributed by atoms with Gasteiger partial charge in [-0.1, -0.05) is 6.92 Å². The number of nitrogens with zero attached hydrogens (tertiary/aromatic N) is 4. The molecular formula is C12H16N6O. The predicted molar refractivity (Wildman–Crippen MR) is 72.0 cm³/mol. The van der Waals surface area contributed by atoms with Crippen molar-refractivity contribution in [3.8, 4) is 0 Å². The molecule has 0 aliphatic rings. The molecule has 0 aliphatic heterocycles. The normalized spacial score (nSPS) is 10.2. The first-order valence-corrected chi connectivity index (χ1v) is 6.05. The summed E-state index contributed by atoms with van der Waals surface area (Å²) < 4.78 is 1.61. The second-order valence-corrected chi connectivity index (χ2v) is 4.07. The summed E-state index contributed by atoms with van der Waals surface area (Å²) in [6.45, 7) is 2.89. The van der Waals surface area contributed by atoms with Gasteiger partial charge in [-0.2, -0.15) is 5.10 Å². The lowest BCUT2D eigenvalue weighted by atomic mass is 10.4. The van der Waals surface area contributed by atoms with E-state index in [4.69, 9.17) is 0 Å². The summed E-state index contributed by atoms with van der Waals surface area (Å²) in [7, 11) is 1.78.